The lowest BCUT2D eigenvalue weighted by Gasteiger charge is -2.02. The number of benzene rings is 1. The summed E-state index contributed by atoms with van der Waals surface area (Å²) < 4.78 is 0. The van der Waals surface area contributed by atoms with Gasteiger partial charge in [-0.15, -0.1) is 0 Å². The molecule has 2 rings (SSSR count). The Labute approximate surface area is 76.8 Å². The number of H-pyrrole nitrogens is 1. The van der Waals surface area contributed by atoms with Crippen LogP contribution >= 0.6 is 0 Å². The number of aromatic amines is 1. The molecule has 0 saturated heterocycles. The van der Waals surface area contributed by atoms with Crippen LogP contribution in [0.5, 0.6) is 0 Å². The average Bonchev–Trinajstić information content (AvgIpc) is 2.56. The van der Waals surface area contributed by atoms with Gasteiger partial charge in [0.15, 0.2) is 0 Å². The Morgan fingerprint density at radius 2 is 2.08 bits per heavy atom. The highest BCUT2D eigenvalue weighted by molar-refractivity contribution is 5.62. The van der Waals surface area contributed by atoms with Crippen LogP contribution in [0.1, 0.15) is 11.1 Å². The topological polar surface area (TPSA) is 41.6 Å². The third-order valence-corrected chi connectivity index (χ3v) is 2.07. The molecule has 0 fully saturated rings. The van der Waals surface area contributed by atoms with E-state index in [1.54, 1.807) is 6.20 Å². The number of nitrogens with one attached hydrogen (secondary N) is 1. The van der Waals surface area contributed by atoms with Crippen LogP contribution in [0.3, 0.4) is 0 Å². The van der Waals surface area contributed by atoms with Crippen LogP contribution in [0.2, 0.25) is 0 Å². The molecule has 0 saturated carbocycles. The Balaban J connectivity index is 2.53. The van der Waals surface area contributed by atoms with E-state index in [1.165, 1.54) is 11.1 Å². The molecule has 66 valence electrons. The second kappa shape index (κ2) is 3.01. The van der Waals surface area contributed by atoms with Crippen molar-refractivity contribution in [3.63, 3.8) is 0 Å². The molecule has 2 aromatic rings. The van der Waals surface area contributed by atoms with Gasteiger partial charge in [-0.05, 0) is 19.4 Å². The van der Waals surface area contributed by atoms with Gasteiger partial charge in [-0.3, -0.25) is 0 Å². The molecule has 1 heterocycles. The van der Waals surface area contributed by atoms with E-state index < -0.39 is 0 Å². The molecule has 1 aromatic heterocycles. The Morgan fingerprint density at radius 1 is 1.23 bits per heavy atom. The summed E-state index contributed by atoms with van der Waals surface area (Å²) in [7, 11) is 0. The Kier molecular flexibility index (Phi) is 1.85. The largest absolute Gasteiger partial charge is 0.197 e. The molecule has 0 aliphatic carbocycles. The van der Waals surface area contributed by atoms with Gasteiger partial charge >= 0.3 is 0 Å². The van der Waals surface area contributed by atoms with Crippen molar-refractivity contribution >= 4 is 0 Å². The molecule has 13 heavy (non-hydrogen) atoms. The van der Waals surface area contributed by atoms with Gasteiger partial charge in [-0.1, -0.05) is 23.8 Å². The molecule has 0 bridgehead atoms. The quantitative estimate of drug-likeness (QED) is 0.717. The first-order valence-corrected chi connectivity index (χ1v) is 4.21. The highest BCUT2D eigenvalue weighted by Gasteiger charge is 2.03. The minimum atomic E-state index is 0.900. The lowest BCUT2D eigenvalue weighted by atomic mass is 10.0. The maximum absolute atomic E-state index is 4.04. The van der Waals surface area contributed by atoms with Crippen LogP contribution < -0.4 is 0 Å². The monoisotopic (exact) mass is 173 g/mol. The molecule has 0 atom stereocenters. The summed E-state index contributed by atoms with van der Waals surface area (Å²) in [5, 5.41) is 10.4. The average molecular weight is 173 g/mol. The van der Waals surface area contributed by atoms with Crippen LogP contribution in [0.25, 0.3) is 11.3 Å². The normalized spacial score (nSPS) is 10.3. The van der Waals surface area contributed by atoms with E-state index in [9.17, 15) is 0 Å². The molecule has 0 amide bonds. The van der Waals surface area contributed by atoms with Crippen LogP contribution in [0.4, 0.5) is 0 Å². The molecular weight excluding hydrogens is 162 g/mol. The van der Waals surface area contributed by atoms with Crippen molar-refractivity contribution in [2.45, 2.75) is 13.8 Å². The van der Waals surface area contributed by atoms with Gasteiger partial charge in [0.2, 0.25) is 0 Å². The lowest BCUT2D eigenvalue weighted by molar-refractivity contribution is 0.942. The first-order chi connectivity index (χ1) is 6.27. The summed E-state index contributed by atoms with van der Waals surface area (Å²) in [5.74, 6) is 0. The lowest BCUT2D eigenvalue weighted by Crippen LogP contribution is -1.84. The summed E-state index contributed by atoms with van der Waals surface area (Å²) in [5.41, 5.74) is 4.54. The Hall–Kier alpha value is -1.64. The standard InChI is InChI=1S/C10H11N3/c1-7-3-4-9(8(2)5-7)10-6-11-13-12-10/h3-6H,1-2H3,(H,11,12,13). The maximum atomic E-state index is 4.04. The summed E-state index contributed by atoms with van der Waals surface area (Å²) in [6, 6.07) is 6.30. The minimum absolute atomic E-state index is 0.900. The van der Waals surface area contributed by atoms with Crippen molar-refractivity contribution in [3.05, 3.63) is 35.5 Å². The fourth-order valence-electron chi connectivity index (χ4n) is 1.43. The van der Waals surface area contributed by atoms with Crippen molar-refractivity contribution in [3.8, 4) is 11.3 Å². The number of hydrogen-bond acceptors (Lipinski definition) is 2. The van der Waals surface area contributed by atoms with E-state index in [1.807, 2.05) is 0 Å². The minimum Gasteiger partial charge on any atom is -0.197 e. The molecule has 3 nitrogen and oxygen atoms in total. The summed E-state index contributed by atoms with van der Waals surface area (Å²) >= 11 is 0. The highest BCUT2D eigenvalue weighted by Crippen LogP contribution is 2.20. The zero-order valence-electron chi connectivity index (χ0n) is 7.70. The molecule has 1 N–H and O–H groups in total. The van der Waals surface area contributed by atoms with Gasteiger partial charge in [-0.25, -0.2) is 0 Å². The van der Waals surface area contributed by atoms with E-state index in [0.717, 1.165) is 11.3 Å². The highest BCUT2D eigenvalue weighted by atomic mass is 15.3. The number of hydrogen-bond donors (Lipinski definition) is 1. The van der Waals surface area contributed by atoms with Gasteiger partial charge in [0.05, 0.1) is 6.20 Å². The molecule has 0 radical (unpaired) electrons. The second-order valence-electron chi connectivity index (χ2n) is 3.17. The molecule has 1 aromatic carbocycles. The Morgan fingerprint density at radius 3 is 2.69 bits per heavy atom. The van der Waals surface area contributed by atoms with Crippen molar-refractivity contribution in [1.82, 2.24) is 15.4 Å². The van der Waals surface area contributed by atoms with E-state index in [0.29, 0.717) is 0 Å². The number of nitrogens with zero attached hydrogens (tertiary/aromatic N) is 2. The van der Waals surface area contributed by atoms with Gasteiger partial charge in [0, 0.05) is 5.56 Å². The molecular formula is C10H11N3. The predicted octanol–water partition coefficient (Wildman–Crippen LogP) is 2.09. The van der Waals surface area contributed by atoms with Crippen molar-refractivity contribution in [1.29, 1.82) is 0 Å². The fraction of sp³-hybridized carbons (Fsp3) is 0.200. The third kappa shape index (κ3) is 1.45. The van der Waals surface area contributed by atoms with Crippen LogP contribution in [0, 0.1) is 13.8 Å². The van der Waals surface area contributed by atoms with Gasteiger partial charge in [-0.2, -0.15) is 15.4 Å². The van der Waals surface area contributed by atoms with E-state index in [2.05, 4.69) is 47.5 Å². The molecule has 0 unspecified atom stereocenters. The van der Waals surface area contributed by atoms with Crippen molar-refractivity contribution in [2.24, 2.45) is 0 Å². The van der Waals surface area contributed by atoms with Gasteiger partial charge in [0.1, 0.15) is 5.69 Å². The zero-order valence-corrected chi connectivity index (χ0v) is 7.70. The number of rotatable bonds is 1. The molecule has 0 spiro atoms. The van der Waals surface area contributed by atoms with Crippen LogP contribution in [-0.2, 0) is 0 Å². The van der Waals surface area contributed by atoms with Gasteiger partial charge in [0.25, 0.3) is 0 Å². The smallest absolute Gasteiger partial charge is 0.113 e. The first-order valence-electron chi connectivity index (χ1n) is 4.21. The third-order valence-electron chi connectivity index (χ3n) is 2.07. The predicted molar refractivity (Wildman–Crippen MR) is 51.3 cm³/mol. The van der Waals surface area contributed by atoms with Crippen LogP contribution in [0.15, 0.2) is 24.4 Å². The zero-order chi connectivity index (χ0) is 9.26. The molecule has 0 aliphatic heterocycles. The molecule has 0 aliphatic rings. The Bertz CT molecular complexity index is 404. The van der Waals surface area contributed by atoms with E-state index in [4.69, 9.17) is 0 Å². The summed E-state index contributed by atoms with van der Waals surface area (Å²) in [6.45, 7) is 4.16. The number of aryl methyl sites for hydroxylation is 2. The van der Waals surface area contributed by atoms with Gasteiger partial charge < -0.3 is 0 Å². The van der Waals surface area contributed by atoms with Crippen molar-refractivity contribution < 1.29 is 0 Å². The summed E-state index contributed by atoms with van der Waals surface area (Å²) in [4.78, 5) is 0. The molecule has 3 heteroatoms. The van der Waals surface area contributed by atoms with Crippen molar-refractivity contribution in [2.75, 3.05) is 0 Å². The van der Waals surface area contributed by atoms with E-state index in [-0.39, 0.29) is 0 Å². The summed E-state index contributed by atoms with van der Waals surface area (Å²) in [6.07, 6.45) is 1.73. The second-order valence-corrected chi connectivity index (χ2v) is 3.17. The SMILES string of the molecule is Cc1ccc(-c2cn[nH]n2)c(C)c1. The maximum Gasteiger partial charge on any atom is 0.113 e. The van der Waals surface area contributed by atoms with E-state index >= 15 is 0 Å². The first kappa shape index (κ1) is 7.98. The fourth-order valence-corrected chi connectivity index (χ4v) is 1.43. The van der Waals surface area contributed by atoms with Crippen LogP contribution in [-0.4, -0.2) is 15.4 Å². The number of aromatic nitrogens is 3.